The van der Waals surface area contributed by atoms with E-state index in [2.05, 4.69) is 121 Å². The summed E-state index contributed by atoms with van der Waals surface area (Å²) in [6.45, 7) is 0. The van der Waals surface area contributed by atoms with Crippen LogP contribution in [-0.4, -0.2) is 15.0 Å². The number of rotatable bonds is 5. The number of benzene rings is 8. The Hall–Kier alpha value is -6.96. The van der Waals surface area contributed by atoms with Crippen molar-refractivity contribution in [2.75, 3.05) is 0 Å². The Morgan fingerprint density at radius 1 is 0.300 bits per heavy atom. The van der Waals surface area contributed by atoms with Crippen molar-refractivity contribution in [3.63, 3.8) is 0 Å². The van der Waals surface area contributed by atoms with Crippen LogP contribution in [0.1, 0.15) is 5.56 Å². The highest BCUT2D eigenvalue weighted by Crippen LogP contribution is 2.37. The van der Waals surface area contributed by atoms with Crippen LogP contribution in [0, 0.1) is 11.3 Å². The third-order valence-electron chi connectivity index (χ3n) is 9.36. The molecule has 4 nitrogen and oxygen atoms in total. The van der Waals surface area contributed by atoms with E-state index >= 15 is 0 Å². The van der Waals surface area contributed by atoms with E-state index in [4.69, 9.17) is 15.0 Å². The summed E-state index contributed by atoms with van der Waals surface area (Å²) in [7, 11) is 0. The average Bonchev–Trinajstić information content (AvgIpc) is 3.21. The lowest BCUT2D eigenvalue weighted by Gasteiger charge is -2.12. The van der Waals surface area contributed by atoms with Gasteiger partial charge in [0.1, 0.15) is 0 Å². The summed E-state index contributed by atoms with van der Waals surface area (Å²) in [5, 5.41) is 16.9. The van der Waals surface area contributed by atoms with Gasteiger partial charge >= 0.3 is 0 Å². The van der Waals surface area contributed by atoms with Gasteiger partial charge in [0.2, 0.25) is 0 Å². The van der Waals surface area contributed by atoms with Crippen molar-refractivity contribution in [2.24, 2.45) is 0 Å². The molecule has 232 valence electrons. The van der Waals surface area contributed by atoms with Crippen molar-refractivity contribution in [3.05, 3.63) is 175 Å². The molecule has 9 rings (SSSR count). The van der Waals surface area contributed by atoms with Crippen molar-refractivity contribution in [1.82, 2.24) is 15.0 Å². The van der Waals surface area contributed by atoms with Crippen LogP contribution in [0.2, 0.25) is 0 Å². The first-order valence-corrected chi connectivity index (χ1v) is 16.6. The van der Waals surface area contributed by atoms with Gasteiger partial charge in [-0.25, -0.2) is 15.0 Å². The Morgan fingerprint density at radius 2 is 0.700 bits per heavy atom. The molecule has 1 aromatic heterocycles. The summed E-state index contributed by atoms with van der Waals surface area (Å²) >= 11 is 0. The largest absolute Gasteiger partial charge is 0.208 e. The molecule has 0 radical (unpaired) electrons. The Labute approximate surface area is 289 Å². The van der Waals surface area contributed by atoms with Crippen molar-refractivity contribution < 1.29 is 0 Å². The standard InChI is InChI=1S/C46H28N4/c47-29-30-17-19-33(20-18-30)44-48-45(50-46(49-44)37-12-8-11-35(27-37)31-9-2-1-3-10-31)34-23-21-32(22-24-34)36-25-26-42-40-15-5-4-13-38(40)39-14-6-7-16-41(39)43(42)28-36/h1-28H. The number of aromatic nitrogens is 3. The molecule has 0 aliphatic rings. The minimum atomic E-state index is 0.553. The molecule has 0 fully saturated rings. The predicted molar refractivity (Wildman–Crippen MR) is 204 cm³/mol. The highest BCUT2D eigenvalue weighted by molar-refractivity contribution is 6.25. The number of hydrogen-bond acceptors (Lipinski definition) is 4. The summed E-state index contributed by atoms with van der Waals surface area (Å²) < 4.78 is 0. The fourth-order valence-electron chi connectivity index (χ4n) is 6.82. The van der Waals surface area contributed by atoms with Crippen molar-refractivity contribution in [3.8, 4) is 62.5 Å². The van der Waals surface area contributed by atoms with Crippen molar-refractivity contribution >= 4 is 32.3 Å². The van der Waals surface area contributed by atoms with Gasteiger partial charge in [0.05, 0.1) is 11.6 Å². The quantitative estimate of drug-likeness (QED) is 0.176. The zero-order chi connectivity index (χ0) is 33.4. The van der Waals surface area contributed by atoms with Crippen LogP contribution in [-0.2, 0) is 0 Å². The molecule has 50 heavy (non-hydrogen) atoms. The van der Waals surface area contributed by atoms with E-state index < -0.39 is 0 Å². The molecule has 8 aromatic carbocycles. The molecule has 0 spiro atoms. The van der Waals surface area contributed by atoms with Crippen LogP contribution < -0.4 is 0 Å². The minimum absolute atomic E-state index is 0.553. The summed E-state index contributed by atoms with van der Waals surface area (Å²) in [5.74, 6) is 1.73. The molecule has 0 aliphatic carbocycles. The molecule has 0 saturated carbocycles. The summed E-state index contributed by atoms with van der Waals surface area (Å²) in [4.78, 5) is 14.9. The van der Waals surface area contributed by atoms with E-state index in [0.717, 1.165) is 38.9 Å². The summed E-state index contributed by atoms with van der Waals surface area (Å²) in [6.07, 6.45) is 0. The Balaban J connectivity index is 1.14. The molecule has 1 heterocycles. The topological polar surface area (TPSA) is 62.5 Å². The molecule has 0 bridgehead atoms. The Kier molecular flexibility index (Phi) is 7.15. The third-order valence-corrected chi connectivity index (χ3v) is 9.36. The van der Waals surface area contributed by atoms with Crippen molar-refractivity contribution in [1.29, 1.82) is 5.26 Å². The SMILES string of the molecule is N#Cc1ccc(-c2nc(-c3ccc(-c4ccc5c6ccccc6c6ccccc6c5c4)cc3)nc(-c3cccc(-c4ccccc4)c3)n2)cc1. The van der Waals surface area contributed by atoms with E-state index in [9.17, 15) is 5.26 Å². The van der Waals surface area contributed by atoms with Gasteiger partial charge < -0.3 is 0 Å². The van der Waals surface area contributed by atoms with Crippen LogP contribution >= 0.6 is 0 Å². The second-order valence-corrected chi connectivity index (χ2v) is 12.4. The van der Waals surface area contributed by atoms with Crippen LogP contribution in [0.25, 0.3) is 88.7 Å². The van der Waals surface area contributed by atoms with E-state index in [1.165, 1.54) is 32.3 Å². The predicted octanol–water partition coefficient (Wildman–Crippen LogP) is 11.5. The zero-order valence-electron chi connectivity index (χ0n) is 27.0. The van der Waals surface area contributed by atoms with Gasteiger partial charge in [-0.2, -0.15) is 5.26 Å². The van der Waals surface area contributed by atoms with E-state index in [0.29, 0.717) is 23.0 Å². The van der Waals surface area contributed by atoms with Gasteiger partial charge in [0, 0.05) is 16.7 Å². The first-order chi connectivity index (χ1) is 24.7. The molecule has 0 amide bonds. The number of hydrogen-bond donors (Lipinski definition) is 0. The van der Waals surface area contributed by atoms with E-state index in [1.807, 2.05) is 42.5 Å². The highest BCUT2D eigenvalue weighted by Gasteiger charge is 2.14. The van der Waals surface area contributed by atoms with Gasteiger partial charge in [0.15, 0.2) is 17.5 Å². The Morgan fingerprint density at radius 3 is 1.30 bits per heavy atom. The number of fused-ring (bicyclic) bond motifs is 6. The maximum atomic E-state index is 9.36. The molecule has 4 heteroatoms. The van der Waals surface area contributed by atoms with Crippen LogP contribution in [0.15, 0.2) is 170 Å². The molecule has 0 unspecified atom stereocenters. The third kappa shape index (κ3) is 5.24. The molecular weight excluding hydrogens is 609 g/mol. The monoisotopic (exact) mass is 636 g/mol. The lowest BCUT2D eigenvalue weighted by atomic mass is 9.92. The molecular formula is C46H28N4. The normalized spacial score (nSPS) is 11.2. The maximum Gasteiger partial charge on any atom is 0.164 e. The van der Waals surface area contributed by atoms with Crippen LogP contribution in [0.5, 0.6) is 0 Å². The molecule has 0 saturated heterocycles. The van der Waals surface area contributed by atoms with Gasteiger partial charge in [-0.1, -0.05) is 133 Å². The van der Waals surface area contributed by atoms with Gasteiger partial charge in [0.25, 0.3) is 0 Å². The van der Waals surface area contributed by atoms with Gasteiger partial charge in [-0.05, 0) is 91.0 Å². The number of nitrogens with zero attached hydrogens (tertiary/aromatic N) is 4. The molecule has 0 atom stereocenters. The summed E-state index contributed by atoms with van der Waals surface area (Å²) in [5.41, 5.74) is 7.68. The average molecular weight is 637 g/mol. The van der Waals surface area contributed by atoms with Crippen LogP contribution in [0.3, 0.4) is 0 Å². The molecule has 0 aliphatic heterocycles. The minimum Gasteiger partial charge on any atom is -0.208 e. The fourth-order valence-corrected chi connectivity index (χ4v) is 6.82. The van der Waals surface area contributed by atoms with Crippen LogP contribution in [0.4, 0.5) is 0 Å². The van der Waals surface area contributed by atoms with Crippen molar-refractivity contribution in [2.45, 2.75) is 0 Å². The Bertz CT molecular complexity index is 2710. The first kappa shape index (κ1) is 29.2. The molecule has 9 aromatic rings. The summed E-state index contributed by atoms with van der Waals surface area (Å²) in [6, 6.07) is 60.7. The van der Waals surface area contributed by atoms with E-state index in [-0.39, 0.29) is 0 Å². The smallest absolute Gasteiger partial charge is 0.164 e. The fraction of sp³-hybridized carbons (Fsp3) is 0. The lowest BCUT2D eigenvalue weighted by molar-refractivity contribution is 1.07. The number of nitriles is 1. The second-order valence-electron chi connectivity index (χ2n) is 12.4. The van der Waals surface area contributed by atoms with Gasteiger partial charge in [-0.3, -0.25) is 0 Å². The highest BCUT2D eigenvalue weighted by atomic mass is 15.0. The first-order valence-electron chi connectivity index (χ1n) is 16.6. The zero-order valence-corrected chi connectivity index (χ0v) is 27.0. The van der Waals surface area contributed by atoms with Gasteiger partial charge in [-0.15, -0.1) is 0 Å². The maximum absolute atomic E-state index is 9.36. The second kappa shape index (κ2) is 12.2. The van der Waals surface area contributed by atoms with E-state index in [1.54, 1.807) is 12.1 Å². The molecule has 0 N–H and O–H groups in total. The lowest BCUT2D eigenvalue weighted by Crippen LogP contribution is -2.00.